The Morgan fingerprint density at radius 3 is 2.71 bits per heavy atom. The van der Waals surface area contributed by atoms with Crippen LogP contribution in [0.2, 0.25) is 0 Å². The number of hydrogen-bond donors (Lipinski definition) is 3. The lowest BCUT2D eigenvalue weighted by Gasteiger charge is -2.29. The molecule has 2 rings (SSSR count). The molecule has 24 heavy (non-hydrogen) atoms. The zero-order chi connectivity index (χ0) is 17.6. The summed E-state index contributed by atoms with van der Waals surface area (Å²) in [6.07, 6.45) is 6.60. The van der Waals surface area contributed by atoms with Gasteiger partial charge in [0.1, 0.15) is 11.6 Å². The number of pyridine rings is 1. The molecule has 2 aromatic rings. The Bertz CT molecular complexity index is 668. The monoisotopic (exact) mass is 331 g/mol. The van der Waals surface area contributed by atoms with E-state index in [1.165, 1.54) is 0 Å². The third kappa shape index (κ3) is 4.55. The van der Waals surface area contributed by atoms with Crippen LogP contribution in [0.25, 0.3) is 5.82 Å². The van der Waals surface area contributed by atoms with Crippen molar-refractivity contribution in [2.45, 2.75) is 45.7 Å². The van der Waals surface area contributed by atoms with Crippen molar-refractivity contribution in [3.05, 3.63) is 42.1 Å². The molecule has 0 saturated heterocycles. The van der Waals surface area contributed by atoms with E-state index in [1.807, 2.05) is 43.7 Å². The van der Waals surface area contributed by atoms with Crippen LogP contribution < -0.4 is 10.6 Å². The summed E-state index contributed by atoms with van der Waals surface area (Å²) >= 11 is 0. The number of aromatic nitrogens is 3. The van der Waals surface area contributed by atoms with E-state index < -0.39 is 5.54 Å². The Hall–Kier alpha value is -2.41. The van der Waals surface area contributed by atoms with Gasteiger partial charge in [-0.3, -0.25) is 4.57 Å². The first-order chi connectivity index (χ1) is 11.5. The summed E-state index contributed by atoms with van der Waals surface area (Å²) in [5.41, 5.74) is 0.506. The molecule has 0 aliphatic carbocycles. The number of aliphatic hydroxyl groups is 1. The zero-order valence-electron chi connectivity index (χ0n) is 14.4. The van der Waals surface area contributed by atoms with Crippen LogP contribution in [0.4, 0.5) is 4.79 Å². The molecule has 7 nitrogen and oxygen atoms in total. The highest BCUT2D eigenvalue weighted by molar-refractivity contribution is 5.74. The highest BCUT2D eigenvalue weighted by Gasteiger charge is 2.23. The zero-order valence-corrected chi connectivity index (χ0v) is 14.4. The predicted molar refractivity (Wildman–Crippen MR) is 91.9 cm³/mol. The Kier molecular flexibility index (Phi) is 5.92. The van der Waals surface area contributed by atoms with Gasteiger partial charge < -0.3 is 15.7 Å². The molecule has 0 radical (unpaired) electrons. The van der Waals surface area contributed by atoms with Gasteiger partial charge in [0.2, 0.25) is 0 Å². The average Bonchev–Trinajstić information content (AvgIpc) is 3.00. The van der Waals surface area contributed by atoms with Gasteiger partial charge in [-0.05, 0) is 38.3 Å². The molecule has 0 aliphatic rings. The normalized spacial score (nSPS) is 13.3. The van der Waals surface area contributed by atoms with Crippen LogP contribution in [0.1, 0.15) is 38.1 Å². The number of aryl methyl sites for hydroxylation is 1. The van der Waals surface area contributed by atoms with E-state index in [9.17, 15) is 4.79 Å². The van der Waals surface area contributed by atoms with Crippen molar-refractivity contribution < 1.29 is 9.90 Å². The largest absolute Gasteiger partial charge is 0.396 e. The van der Waals surface area contributed by atoms with Crippen LogP contribution in [-0.2, 0) is 6.54 Å². The number of nitrogens with zero attached hydrogens (tertiary/aromatic N) is 3. The summed E-state index contributed by atoms with van der Waals surface area (Å²) in [6.45, 7) is 6.26. The second kappa shape index (κ2) is 7.92. The highest BCUT2D eigenvalue weighted by Crippen LogP contribution is 2.13. The molecule has 0 bridgehead atoms. The number of aliphatic hydroxyl groups excluding tert-OH is 1. The standard InChI is InChI=1S/C17H25N5O2/c1-4-17(3,7-10-23)21-16(24)20-12-14-5-6-15(19-11-14)22-9-8-18-13(22)2/h5-6,8-9,11,23H,4,7,10,12H2,1-3H3,(H2,20,21,24). The molecule has 130 valence electrons. The molecule has 0 aromatic carbocycles. The number of rotatable bonds is 7. The summed E-state index contributed by atoms with van der Waals surface area (Å²) in [5.74, 6) is 1.66. The Balaban J connectivity index is 1.90. The molecule has 2 aromatic heterocycles. The first kappa shape index (κ1) is 17.9. The van der Waals surface area contributed by atoms with Gasteiger partial charge in [0.25, 0.3) is 0 Å². The molecule has 2 heterocycles. The van der Waals surface area contributed by atoms with Gasteiger partial charge in [-0.1, -0.05) is 13.0 Å². The maximum Gasteiger partial charge on any atom is 0.315 e. The SMILES string of the molecule is CCC(C)(CCO)NC(=O)NCc1ccc(-n2ccnc2C)nc1. The van der Waals surface area contributed by atoms with Gasteiger partial charge in [-0.25, -0.2) is 14.8 Å². The van der Waals surface area contributed by atoms with Gasteiger partial charge in [0.15, 0.2) is 0 Å². The topological polar surface area (TPSA) is 92.1 Å². The maximum atomic E-state index is 12.0. The molecule has 0 aliphatic heterocycles. The molecule has 0 spiro atoms. The van der Waals surface area contributed by atoms with Gasteiger partial charge in [0, 0.05) is 37.3 Å². The summed E-state index contributed by atoms with van der Waals surface area (Å²) in [6, 6.07) is 3.57. The smallest absolute Gasteiger partial charge is 0.315 e. The Morgan fingerprint density at radius 1 is 1.38 bits per heavy atom. The van der Waals surface area contributed by atoms with E-state index in [1.54, 1.807) is 12.4 Å². The molecule has 1 atom stereocenters. The van der Waals surface area contributed by atoms with E-state index >= 15 is 0 Å². The molecule has 0 saturated carbocycles. The van der Waals surface area contributed by atoms with E-state index in [2.05, 4.69) is 20.6 Å². The van der Waals surface area contributed by atoms with E-state index in [4.69, 9.17) is 5.11 Å². The van der Waals surface area contributed by atoms with Crippen LogP contribution in [0, 0.1) is 6.92 Å². The minimum atomic E-state index is -0.403. The van der Waals surface area contributed by atoms with Crippen molar-refractivity contribution >= 4 is 6.03 Å². The van der Waals surface area contributed by atoms with Gasteiger partial charge in [-0.15, -0.1) is 0 Å². The fourth-order valence-corrected chi connectivity index (χ4v) is 2.36. The Morgan fingerprint density at radius 2 is 2.17 bits per heavy atom. The quantitative estimate of drug-likeness (QED) is 0.723. The summed E-state index contributed by atoms with van der Waals surface area (Å²) < 4.78 is 1.89. The molecule has 7 heteroatoms. The molecule has 1 unspecified atom stereocenters. The molecule has 2 amide bonds. The third-order valence-corrected chi connectivity index (χ3v) is 4.19. The number of urea groups is 1. The molecule has 0 fully saturated rings. The fraction of sp³-hybridized carbons (Fsp3) is 0.471. The average molecular weight is 331 g/mol. The fourth-order valence-electron chi connectivity index (χ4n) is 2.36. The predicted octanol–water partition coefficient (Wildman–Crippen LogP) is 1.93. The summed E-state index contributed by atoms with van der Waals surface area (Å²) in [5, 5.41) is 14.8. The van der Waals surface area contributed by atoms with Crippen LogP contribution in [0.15, 0.2) is 30.7 Å². The summed E-state index contributed by atoms with van der Waals surface area (Å²) in [7, 11) is 0. The highest BCUT2D eigenvalue weighted by atomic mass is 16.3. The van der Waals surface area contributed by atoms with Crippen molar-refractivity contribution in [1.29, 1.82) is 0 Å². The minimum Gasteiger partial charge on any atom is -0.396 e. The van der Waals surface area contributed by atoms with E-state index in [-0.39, 0.29) is 12.6 Å². The van der Waals surface area contributed by atoms with Crippen molar-refractivity contribution in [2.24, 2.45) is 0 Å². The number of carbonyl (C=O) groups excluding carboxylic acids is 1. The van der Waals surface area contributed by atoms with E-state index in [0.29, 0.717) is 13.0 Å². The van der Waals surface area contributed by atoms with Gasteiger partial charge in [0.05, 0.1) is 0 Å². The van der Waals surface area contributed by atoms with Crippen LogP contribution >= 0.6 is 0 Å². The maximum absolute atomic E-state index is 12.0. The molecular formula is C17H25N5O2. The number of nitrogens with one attached hydrogen (secondary N) is 2. The first-order valence-electron chi connectivity index (χ1n) is 8.09. The lowest BCUT2D eigenvalue weighted by atomic mass is 9.95. The minimum absolute atomic E-state index is 0.0453. The van der Waals surface area contributed by atoms with Crippen LogP contribution in [0.3, 0.4) is 0 Å². The van der Waals surface area contributed by atoms with Crippen molar-refractivity contribution in [2.75, 3.05) is 6.61 Å². The van der Waals surface area contributed by atoms with Gasteiger partial charge in [-0.2, -0.15) is 0 Å². The first-order valence-corrected chi connectivity index (χ1v) is 8.09. The molecular weight excluding hydrogens is 306 g/mol. The van der Waals surface area contributed by atoms with Crippen LogP contribution in [0.5, 0.6) is 0 Å². The number of imidazole rings is 1. The van der Waals surface area contributed by atoms with Crippen molar-refractivity contribution in [1.82, 2.24) is 25.2 Å². The number of carbonyl (C=O) groups is 1. The third-order valence-electron chi connectivity index (χ3n) is 4.19. The molecule has 3 N–H and O–H groups in total. The van der Waals surface area contributed by atoms with Crippen LogP contribution in [-0.4, -0.2) is 37.8 Å². The van der Waals surface area contributed by atoms with E-state index in [0.717, 1.165) is 23.6 Å². The lowest BCUT2D eigenvalue weighted by Crippen LogP contribution is -2.50. The summed E-state index contributed by atoms with van der Waals surface area (Å²) in [4.78, 5) is 20.6. The van der Waals surface area contributed by atoms with Gasteiger partial charge >= 0.3 is 6.03 Å². The Labute approximate surface area is 142 Å². The van der Waals surface area contributed by atoms with Crippen molar-refractivity contribution in [3.8, 4) is 5.82 Å². The second-order valence-corrected chi connectivity index (χ2v) is 6.06. The second-order valence-electron chi connectivity index (χ2n) is 6.06. The number of amides is 2. The number of hydrogen-bond acceptors (Lipinski definition) is 4. The lowest BCUT2D eigenvalue weighted by molar-refractivity contribution is 0.200. The van der Waals surface area contributed by atoms with Crippen molar-refractivity contribution in [3.63, 3.8) is 0 Å².